The molecule has 0 bridgehead atoms. The first kappa shape index (κ1) is 18.2. The Hall–Kier alpha value is -3.18. The van der Waals surface area contributed by atoms with Crippen LogP contribution in [0.2, 0.25) is 0 Å². The lowest BCUT2D eigenvalue weighted by molar-refractivity contribution is 0.601. The van der Waals surface area contributed by atoms with Crippen LogP contribution in [-0.2, 0) is 9.84 Å². The monoisotopic (exact) mass is 390 g/mol. The maximum atomic E-state index is 13.3. The number of sulfone groups is 1. The molecule has 3 aromatic carbocycles. The van der Waals surface area contributed by atoms with Crippen LogP contribution in [0.3, 0.4) is 0 Å². The third-order valence-corrected chi connectivity index (χ3v) is 5.81. The van der Waals surface area contributed by atoms with Gasteiger partial charge in [0.25, 0.3) is 0 Å². The maximum absolute atomic E-state index is 13.3. The van der Waals surface area contributed by atoms with Crippen molar-refractivity contribution in [1.82, 2.24) is 0 Å². The summed E-state index contributed by atoms with van der Waals surface area (Å²) in [6.07, 6.45) is 1.16. The molecular formula is C23H18O4S. The van der Waals surface area contributed by atoms with Crippen LogP contribution in [0.4, 0.5) is 0 Å². The van der Waals surface area contributed by atoms with Crippen molar-refractivity contribution in [3.8, 4) is 22.5 Å². The molecule has 0 aliphatic heterocycles. The quantitative estimate of drug-likeness (QED) is 0.502. The molecule has 0 radical (unpaired) electrons. The third kappa shape index (κ3) is 3.25. The summed E-state index contributed by atoms with van der Waals surface area (Å²) >= 11 is 0. The molecule has 4 nitrogen and oxygen atoms in total. The van der Waals surface area contributed by atoms with Crippen molar-refractivity contribution in [3.05, 3.63) is 88.6 Å². The summed E-state index contributed by atoms with van der Waals surface area (Å²) in [6.45, 7) is 1.98. The SMILES string of the molecule is Cc1ccc(-c2c(-c3ccc(S(C)(=O)=O)cc3)oc3ccccc3c2=O)cc1. The van der Waals surface area contributed by atoms with Gasteiger partial charge in [-0.15, -0.1) is 0 Å². The molecule has 0 aliphatic rings. The van der Waals surface area contributed by atoms with E-state index in [0.717, 1.165) is 17.4 Å². The highest BCUT2D eigenvalue weighted by atomic mass is 32.2. The number of hydrogen-bond acceptors (Lipinski definition) is 4. The molecule has 0 N–H and O–H groups in total. The largest absolute Gasteiger partial charge is 0.455 e. The van der Waals surface area contributed by atoms with E-state index >= 15 is 0 Å². The zero-order chi connectivity index (χ0) is 19.9. The predicted molar refractivity (Wildman–Crippen MR) is 111 cm³/mol. The average Bonchev–Trinajstić information content (AvgIpc) is 2.68. The van der Waals surface area contributed by atoms with E-state index in [-0.39, 0.29) is 10.3 Å². The smallest absolute Gasteiger partial charge is 0.201 e. The summed E-state index contributed by atoms with van der Waals surface area (Å²) < 4.78 is 29.6. The Morgan fingerprint density at radius 2 is 1.39 bits per heavy atom. The summed E-state index contributed by atoms with van der Waals surface area (Å²) in [4.78, 5) is 13.5. The van der Waals surface area contributed by atoms with Crippen molar-refractivity contribution in [3.63, 3.8) is 0 Å². The van der Waals surface area contributed by atoms with Crippen LogP contribution in [0.15, 0.2) is 86.9 Å². The molecule has 5 heteroatoms. The molecule has 28 heavy (non-hydrogen) atoms. The van der Waals surface area contributed by atoms with Gasteiger partial charge in [-0.1, -0.05) is 42.0 Å². The number of aryl methyl sites for hydroxylation is 1. The summed E-state index contributed by atoms with van der Waals surface area (Å²) in [6, 6.07) is 21.2. The first-order valence-electron chi connectivity index (χ1n) is 8.78. The molecule has 0 amide bonds. The molecule has 0 aliphatic carbocycles. The Bertz CT molecular complexity index is 1330. The fourth-order valence-corrected chi connectivity index (χ4v) is 3.81. The Morgan fingerprint density at radius 1 is 0.786 bits per heavy atom. The zero-order valence-corrected chi connectivity index (χ0v) is 16.3. The molecule has 0 saturated carbocycles. The van der Waals surface area contributed by atoms with E-state index in [0.29, 0.717) is 27.9 Å². The van der Waals surface area contributed by atoms with Gasteiger partial charge in [-0.3, -0.25) is 4.79 Å². The number of hydrogen-bond donors (Lipinski definition) is 0. The Labute approximate surface area is 163 Å². The van der Waals surface area contributed by atoms with Crippen molar-refractivity contribution >= 4 is 20.8 Å². The number of para-hydroxylation sites is 1. The first-order valence-corrected chi connectivity index (χ1v) is 10.7. The third-order valence-electron chi connectivity index (χ3n) is 4.68. The molecule has 0 fully saturated rings. The highest BCUT2D eigenvalue weighted by molar-refractivity contribution is 7.90. The van der Waals surface area contributed by atoms with Gasteiger partial charge in [0.15, 0.2) is 9.84 Å². The van der Waals surface area contributed by atoms with Gasteiger partial charge in [0.1, 0.15) is 11.3 Å². The number of fused-ring (bicyclic) bond motifs is 1. The van der Waals surface area contributed by atoms with Crippen LogP contribution in [-0.4, -0.2) is 14.7 Å². The van der Waals surface area contributed by atoms with Gasteiger partial charge >= 0.3 is 0 Å². The van der Waals surface area contributed by atoms with Crippen LogP contribution in [0.1, 0.15) is 5.56 Å². The van der Waals surface area contributed by atoms with Crippen molar-refractivity contribution < 1.29 is 12.8 Å². The van der Waals surface area contributed by atoms with Crippen LogP contribution < -0.4 is 5.43 Å². The van der Waals surface area contributed by atoms with Crippen molar-refractivity contribution in [2.24, 2.45) is 0 Å². The molecule has 0 atom stereocenters. The minimum atomic E-state index is -3.30. The van der Waals surface area contributed by atoms with Crippen molar-refractivity contribution in [1.29, 1.82) is 0 Å². The topological polar surface area (TPSA) is 64.3 Å². The van der Waals surface area contributed by atoms with E-state index in [9.17, 15) is 13.2 Å². The second kappa shape index (κ2) is 6.77. The molecule has 0 saturated heterocycles. The van der Waals surface area contributed by atoms with E-state index in [2.05, 4.69) is 0 Å². The molecule has 1 aromatic heterocycles. The van der Waals surface area contributed by atoms with Crippen molar-refractivity contribution in [2.75, 3.05) is 6.26 Å². The van der Waals surface area contributed by atoms with Gasteiger partial charge in [-0.2, -0.15) is 0 Å². The Kier molecular flexibility index (Phi) is 4.40. The Morgan fingerprint density at radius 3 is 2.04 bits per heavy atom. The second-order valence-electron chi connectivity index (χ2n) is 6.79. The molecule has 4 aromatic rings. The zero-order valence-electron chi connectivity index (χ0n) is 15.5. The molecule has 140 valence electrons. The molecule has 0 unspecified atom stereocenters. The van der Waals surface area contributed by atoms with E-state index < -0.39 is 9.84 Å². The van der Waals surface area contributed by atoms with Gasteiger partial charge in [0.05, 0.1) is 15.8 Å². The fraction of sp³-hybridized carbons (Fsp3) is 0.0870. The van der Waals surface area contributed by atoms with Crippen LogP contribution in [0.25, 0.3) is 33.4 Å². The summed E-state index contributed by atoms with van der Waals surface area (Å²) in [5.41, 5.74) is 3.33. The average molecular weight is 390 g/mol. The van der Waals surface area contributed by atoms with Gasteiger partial charge < -0.3 is 4.42 Å². The highest BCUT2D eigenvalue weighted by Gasteiger charge is 2.18. The minimum Gasteiger partial charge on any atom is -0.455 e. The normalized spacial score (nSPS) is 11.6. The van der Waals surface area contributed by atoms with Crippen LogP contribution >= 0.6 is 0 Å². The Balaban J connectivity index is 2.03. The number of benzene rings is 3. The van der Waals surface area contributed by atoms with E-state index in [1.807, 2.05) is 37.3 Å². The lowest BCUT2D eigenvalue weighted by atomic mass is 9.97. The van der Waals surface area contributed by atoms with Gasteiger partial charge in [-0.05, 0) is 48.9 Å². The highest BCUT2D eigenvalue weighted by Crippen LogP contribution is 2.33. The standard InChI is InChI=1S/C23H18O4S/c1-15-7-9-16(10-8-15)21-22(24)19-5-3-4-6-20(19)27-23(21)17-11-13-18(14-12-17)28(2,25)26/h3-14H,1-2H3. The summed E-state index contributed by atoms with van der Waals surface area (Å²) in [5.74, 6) is 0.424. The molecule has 4 rings (SSSR count). The second-order valence-corrected chi connectivity index (χ2v) is 8.81. The van der Waals surface area contributed by atoms with Gasteiger partial charge in [0.2, 0.25) is 5.43 Å². The first-order chi connectivity index (χ1) is 13.3. The van der Waals surface area contributed by atoms with Crippen molar-refractivity contribution in [2.45, 2.75) is 11.8 Å². The summed E-state index contributed by atoms with van der Waals surface area (Å²) in [7, 11) is -3.30. The fourth-order valence-electron chi connectivity index (χ4n) is 3.18. The predicted octanol–water partition coefficient (Wildman–Crippen LogP) is 4.84. The van der Waals surface area contributed by atoms with Gasteiger partial charge in [-0.25, -0.2) is 8.42 Å². The van der Waals surface area contributed by atoms with Gasteiger partial charge in [0, 0.05) is 11.8 Å². The minimum absolute atomic E-state index is 0.118. The summed E-state index contributed by atoms with van der Waals surface area (Å²) in [5, 5.41) is 0.509. The number of rotatable bonds is 3. The van der Waals surface area contributed by atoms with E-state index in [1.54, 1.807) is 30.3 Å². The lowest BCUT2D eigenvalue weighted by Gasteiger charge is -2.11. The molecule has 1 heterocycles. The van der Waals surface area contributed by atoms with Crippen LogP contribution in [0, 0.1) is 6.92 Å². The molecular weight excluding hydrogens is 372 g/mol. The van der Waals surface area contributed by atoms with Crippen LogP contribution in [0.5, 0.6) is 0 Å². The molecule has 0 spiro atoms. The maximum Gasteiger partial charge on any atom is 0.201 e. The lowest BCUT2D eigenvalue weighted by Crippen LogP contribution is -2.07. The van der Waals surface area contributed by atoms with E-state index in [1.165, 1.54) is 12.1 Å². The van der Waals surface area contributed by atoms with E-state index in [4.69, 9.17) is 4.42 Å².